The van der Waals surface area contributed by atoms with Crippen molar-refractivity contribution >= 4 is 78.3 Å². The monoisotopic (exact) mass is 1420 g/mol. The Kier molecular flexibility index (Phi) is 21.6. The van der Waals surface area contributed by atoms with Crippen LogP contribution in [0.2, 0.25) is 0 Å². The molecule has 2 aromatic heterocycles. The molecule has 5 heterocycles. The van der Waals surface area contributed by atoms with Crippen LogP contribution in [0, 0.1) is 18.8 Å². The highest BCUT2D eigenvalue weighted by Gasteiger charge is 2.45. The molecule has 3 unspecified atom stereocenters. The van der Waals surface area contributed by atoms with E-state index in [1.165, 1.54) is 27.8 Å². The minimum atomic E-state index is -5.79. The summed E-state index contributed by atoms with van der Waals surface area (Å²) < 4.78 is 57.1. The maximum atomic E-state index is 13.7. The number of phosphoric acid groups is 3. The standard InChI is InChI=1S/C61H68Br2N9O15P3/c1-40-21-24-50-48(33-40)61(4,5)54(71(50)31-28-63)26-23-43-16-12-15-42(22-25-53-60(2,3)47-19-9-10-20-49(47)70(53)30-27-62)56(43)65-36-41-13-11-17-44(34-41)57(74)64-29-32-69-38-46(67-68-69)18-8-6-7-14-45-37-72(59(76)66-58(45)75)55-35-51(73)52(85-55)39-84-89(80,81)87-90(82,83)86-88(77,78)79/h9-11,13,17,19-28,30-31,33-34,37-38,51-52,55,73H,6,8,12,15-16,18,29,32,35-36,39H2,1-5H3,(H6,64,66,74,75,76,77,78,79,80,81,82,83)/p+1/b30-27+,31-28+,42-22+,53-25+/t51-,52?,55-/m1/s1. The number of aromatic amines is 1. The van der Waals surface area contributed by atoms with Crippen LogP contribution in [-0.2, 0) is 61.9 Å². The number of hydrogen-bond acceptors (Lipinski definition) is 15. The molecule has 476 valence electrons. The molecule has 3 aromatic carbocycles. The van der Waals surface area contributed by atoms with Crippen LogP contribution < -0.4 is 26.8 Å². The zero-order valence-corrected chi connectivity index (χ0v) is 55.6. The average Bonchev–Trinajstić information content (AvgIpc) is 1.61. The molecule has 90 heavy (non-hydrogen) atoms. The number of hydrogen-bond donors (Lipinski definition) is 8. The number of halogens is 2. The van der Waals surface area contributed by atoms with Crippen molar-refractivity contribution in [2.24, 2.45) is 0 Å². The lowest BCUT2D eigenvalue weighted by atomic mass is 9.80. The minimum Gasteiger partial charge on any atom is -0.390 e. The van der Waals surface area contributed by atoms with Crippen molar-refractivity contribution in [1.82, 2.24) is 35.2 Å². The second-order valence-corrected chi connectivity index (χ2v) is 28.2. The van der Waals surface area contributed by atoms with Gasteiger partial charge in [0.2, 0.25) is 5.69 Å². The van der Waals surface area contributed by atoms with Gasteiger partial charge >= 0.3 is 29.2 Å². The van der Waals surface area contributed by atoms with E-state index in [0.717, 1.165) is 64.1 Å². The largest absolute Gasteiger partial charge is 0.490 e. The lowest BCUT2D eigenvalue weighted by Crippen LogP contribution is -2.33. The van der Waals surface area contributed by atoms with E-state index in [0.29, 0.717) is 43.6 Å². The molecule has 0 bridgehead atoms. The number of allylic oxidation sites excluding steroid dienone is 7. The SMILES string of the molecule is Cc1ccc2c(c1)C(C)(C)C(/C=C/C1=C(NCc3cccc(C(=O)NCCn4cc(CCCC#Cc5cn([C@H]6C[C@@H](O)C(COP(=O)(O)OP(=O)(O)OP(=O)(O)O)O6)c(=O)[nH]c5=O)nn4)c3)C(=C/C=C3/N(/C=C/Br)c4ccccc4C3(C)C)/CCC1)=[N+]2/C=C/Br. The number of fused-ring (bicyclic) bond motifs is 2. The number of amides is 1. The van der Waals surface area contributed by atoms with Gasteiger partial charge in [0, 0.05) is 95.3 Å². The van der Waals surface area contributed by atoms with E-state index in [9.17, 15) is 43.0 Å². The Morgan fingerprint density at radius 1 is 0.933 bits per heavy atom. The minimum absolute atomic E-state index is 0.112. The summed E-state index contributed by atoms with van der Waals surface area (Å²) in [5.41, 5.74) is 11.6. The van der Waals surface area contributed by atoms with Crippen molar-refractivity contribution in [2.45, 2.75) is 122 Å². The van der Waals surface area contributed by atoms with E-state index in [2.05, 4.69) is 206 Å². The predicted octanol–water partition coefficient (Wildman–Crippen LogP) is 9.73. The first-order valence-corrected chi connectivity index (χ1v) is 35.0. The molecule has 9 rings (SSSR count). The highest BCUT2D eigenvalue weighted by Crippen LogP contribution is 2.66. The van der Waals surface area contributed by atoms with E-state index in [1.54, 1.807) is 16.9 Å². The number of phosphoric ester groups is 1. The Bertz CT molecular complexity index is 4150. The Morgan fingerprint density at radius 3 is 2.49 bits per heavy atom. The molecule has 3 aliphatic heterocycles. The second-order valence-electron chi connectivity index (χ2n) is 22.8. The van der Waals surface area contributed by atoms with Gasteiger partial charge in [-0.25, -0.2) is 18.5 Å². The van der Waals surface area contributed by atoms with Crippen molar-refractivity contribution in [2.75, 3.05) is 18.1 Å². The van der Waals surface area contributed by atoms with Crippen LogP contribution >= 0.6 is 55.3 Å². The van der Waals surface area contributed by atoms with Crippen LogP contribution in [0.5, 0.6) is 0 Å². The highest BCUT2D eigenvalue weighted by molar-refractivity contribution is 9.11. The zero-order valence-electron chi connectivity index (χ0n) is 49.7. The first kappa shape index (κ1) is 67.9. The molecule has 29 heteroatoms. The molecule has 1 fully saturated rings. The van der Waals surface area contributed by atoms with Crippen LogP contribution in [0.1, 0.15) is 116 Å². The van der Waals surface area contributed by atoms with E-state index < -0.39 is 59.8 Å². The first-order chi connectivity index (χ1) is 42.7. The maximum Gasteiger partial charge on any atom is 0.490 e. The number of nitrogens with one attached hydrogen (secondary N) is 3. The van der Waals surface area contributed by atoms with Crippen molar-refractivity contribution < 1.29 is 65.6 Å². The summed E-state index contributed by atoms with van der Waals surface area (Å²) in [6.07, 6.45) is 15.8. The Balaban J connectivity index is 0.812. The van der Waals surface area contributed by atoms with Gasteiger partial charge in [-0.3, -0.25) is 28.3 Å². The molecule has 0 spiro atoms. The van der Waals surface area contributed by atoms with Gasteiger partial charge in [0.05, 0.1) is 30.4 Å². The molecule has 4 aliphatic rings. The number of benzene rings is 3. The smallest absolute Gasteiger partial charge is 0.390 e. The summed E-state index contributed by atoms with van der Waals surface area (Å²) in [6, 6.07) is 22.7. The Labute approximate surface area is 536 Å². The number of aliphatic hydroxyl groups is 1. The molecular weight excluding hydrogens is 1350 g/mol. The molecular formula is C61H69Br2N9O15P3+. The molecule has 1 amide bonds. The van der Waals surface area contributed by atoms with E-state index in [1.807, 2.05) is 28.2 Å². The third kappa shape index (κ3) is 16.4. The molecule has 8 N–H and O–H groups in total. The van der Waals surface area contributed by atoms with E-state index in [4.69, 9.17) is 14.5 Å². The number of anilines is 1. The highest BCUT2D eigenvalue weighted by atomic mass is 79.9. The lowest BCUT2D eigenvalue weighted by molar-refractivity contribution is -0.356. The number of para-hydroxylation sites is 1. The fraction of sp³-hybridized carbons (Fsp3) is 0.344. The summed E-state index contributed by atoms with van der Waals surface area (Å²) in [4.78, 5) is 83.9. The van der Waals surface area contributed by atoms with Crippen molar-refractivity contribution in [3.05, 3.63) is 208 Å². The summed E-state index contributed by atoms with van der Waals surface area (Å²) in [5.74, 6) is 5.38. The Hall–Kier alpha value is -6.49. The number of aliphatic hydroxyl groups excluding tert-OH is 1. The van der Waals surface area contributed by atoms with Gasteiger partial charge in [0.25, 0.3) is 11.5 Å². The topological polar surface area (TPSA) is 322 Å². The van der Waals surface area contributed by atoms with Crippen molar-refractivity contribution in [3.8, 4) is 11.8 Å². The Morgan fingerprint density at radius 2 is 1.72 bits per heavy atom. The van der Waals surface area contributed by atoms with Crippen LogP contribution in [0.15, 0.2) is 158 Å². The number of rotatable bonds is 23. The first-order valence-electron chi connectivity index (χ1n) is 28.7. The third-order valence-electron chi connectivity index (χ3n) is 15.7. The number of H-pyrrole nitrogens is 1. The van der Waals surface area contributed by atoms with Gasteiger partial charge < -0.3 is 45.0 Å². The predicted molar refractivity (Wildman–Crippen MR) is 345 cm³/mol. The van der Waals surface area contributed by atoms with E-state index >= 15 is 0 Å². The number of aromatic nitrogens is 5. The van der Waals surface area contributed by atoms with Gasteiger partial charge in [0.15, 0.2) is 11.9 Å². The van der Waals surface area contributed by atoms with Gasteiger partial charge in [0.1, 0.15) is 17.9 Å². The fourth-order valence-electron chi connectivity index (χ4n) is 11.3. The summed E-state index contributed by atoms with van der Waals surface area (Å²) >= 11 is 7.09. The van der Waals surface area contributed by atoms with Gasteiger partial charge in [-0.1, -0.05) is 117 Å². The van der Waals surface area contributed by atoms with Crippen LogP contribution in [0.3, 0.4) is 0 Å². The number of ether oxygens (including phenoxy) is 1. The number of carbonyl (C=O) groups is 1. The average molecular weight is 1420 g/mol. The number of nitrogens with zero attached hydrogens (tertiary/aromatic N) is 6. The maximum absolute atomic E-state index is 13.7. The molecule has 1 saturated heterocycles. The second kappa shape index (κ2) is 28.6. The molecule has 0 radical (unpaired) electrons. The normalized spacial score (nSPS) is 21.1. The van der Waals surface area contributed by atoms with Crippen LogP contribution in [-0.4, -0.2) is 90.8 Å². The number of aryl methyl sites for hydroxylation is 2. The summed E-state index contributed by atoms with van der Waals surface area (Å²) in [7, 11) is -16.9. The van der Waals surface area contributed by atoms with Crippen LogP contribution in [0.4, 0.5) is 11.4 Å². The number of carbonyl (C=O) groups excluding carboxylic acids is 1. The van der Waals surface area contributed by atoms with Crippen molar-refractivity contribution in [3.63, 3.8) is 0 Å². The molecule has 24 nitrogen and oxygen atoms in total. The van der Waals surface area contributed by atoms with Crippen molar-refractivity contribution in [1.29, 1.82) is 0 Å². The van der Waals surface area contributed by atoms with Gasteiger partial charge in [-0.15, -0.1) is 5.10 Å². The zero-order chi connectivity index (χ0) is 64.8. The lowest BCUT2D eigenvalue weighted by Gasteiger charge is -2.26. The molecule has 5 aromatic rings. The number of unbranched alkanes of at least 4 members (excludes halogenated alkanes) is 1. The quantitative estimate of drug-likeness (QED) is 0.0130. The van der Waals surface area contributed by atoms with Crippen LogP contribution in [0.25, 0.3) is 0 Å². The summed E-state index contributed by atoms with van der Waals surface area (Å²) in [6.45, 7) is 11.3. The van der Waals surface area contributed by atoms with Gasteiger partial charge in [-0.05, 0) is 110 Å². The van der Waals surface area contributed by atoms with E-state index in [-0.39, 0.29) is 35.3 Å². The molecule has 0 saturated carbocycles. The third-order valence-corrected chi connectivity index (χ3v) is 20.0. The molecule has 1 aliphatic carbocycles. The summed E-state index contributed by atoms with van der Waals surface area (Å²) in [5, 5.41) is 25.9. The fourth-order valence-corrected chi connectivity index (χ4v) is 14.8. The molecule has 5 atom stereocenters. The van der Waals surface area contributed by atoms with Gasteiger partial charge in [-0.2, -0.15) is 13.2 Å².